The molecule has 4 nitrogen and oxygen atoms in total. The summed E-state index contributed by atoms with van der Waals surface area (Å²) >= 11 is 3.43. The predicted molar refractivity (Wildman–Crippen MR) is 79.0 cm³/mol. The summed E-state index contributed by atoms with van der Waals surface area (Å²) in [7, 11) is 0. The van der Waals surface area contributed by atoms with E-state index in [9.17, 15) is 0 Å². The Hall–Kier alpha value is -1.59. The lowest BCUT2D eigenvalue weighted by Crippen LogP contribution is -1.91. The zero-order valence-corrected chi connectivity index (χ0v) is 11.8. The van der Waals surface area contributed by atoms with Crippen molar-refractivity contribution in [2.45, 2.75) is 12.8 Å². The van der Waals surface area contributed by atoms with Gasteiger partial charge in [-0.05, 0) is 24.6 Å². The summed E-state index contributed by atoms with van der Waals surface area (Å²) in [6.07, 6.45) is 1.37. The Morgan fingerprint density at radius 3 is 2.89 bits per heavy atom. The molecule has 2 aromatic heterocycles. The summed E-state index contributed by atoms with van der Waals surface area (Å²) in [6, 6.07) is 7.89. The number of hydrogen-bond acceptors (Lipinski definition) is 4. The number of nitrogens with zero attached hydrogens (tertiary/aromatic N) is 1. The Balaban J connectivity index is 2.24. The molecule has 0 saturated heterocycles. The Morgan fingerprint density at radius 1 is 1.26 bits per heavy atom. The zero-order valence-electron chi connectivity index (χ0n) is 10.2. The number of nitrogens with two attached hydrogens (primary N) is 1. The maximum absolute atomic E-state index is 8.88. The molecule has 0 aliphatic carbocycles. The van der Waals surface area contributed by atoms with Gasteiger partial charge in [0.05, 0.1) is 5.52 Å². The molecule has 0 bridgehead atoms. The molecule has 1 aromatic carbocycles. The third-order valence-corrected chi connectivity index (χ3v) is 3.58. The second-order valence-electron chi connectivity index (χ2n) is 4.44. The number of furan rings is 1. The van der Waals surface area contributed by atoms with Crippen LogP contribution in [0.25, 0.3) is 21.9 Å². The molecule has 0 atom stereocenters. The van der Waals surface area contributed by atoms with Gasteiger partial charge < -0.3 is 15.3 Å². The van der Waals surface area contributed by atoms with Crippen molar-refractivity contribution in [3.63, 3.8) is 0 Å². The van der Waals surface area contributed by atoms with Crippen LogP contribution in [0.4, 0.5) is 5.82 Å². The largest absolute Gasteiger partial charge is 0.457 e. The third-order valence-electron chi connectivity index (χ3n) is 3.09. The van der Waals surface area contributed by atoms with Gasteiger partial charge in [-0.3, -0.25) is 0 Å². The van der Waals surface area contributed by atoms with Crippen LogP contribution in [0.1, 0.15) is 12.2 Å². The van der Waals surface area contributed by atoms with Gasteiger partial charge in [-0.2, -0.15) is 0 Å². The van der Waals surface area contributed by atoms with Crippen LogP contribution < -0.4 is 5.73 Å². The van der Waals surface area contributed by atoms with Crippen LogP contribution in [-0.2, 0) is 6.42 Å². The SMILES string of the molecule is Nc1nc2cc(Br)ccc2c2cc(CCCO)oc12. The molecule has 3 N–H and O–H groups in total. The Labute approximate surface area is 118 Å². The maximum Gasteiger partial charge on any atom is 0.176 e. The molecule has 0 radical (unpaired) electrons. The first-order valence-electron chi connectivity index (χ1n) is 6.07. The summed E-state index contributed by atoms with van der Waals surface area (Å²) in [6.45, 7) is 0.151. The fraction of sp³-hybridized carbons (Fsp3) is 0.214. The number of fused-ring (bicyclic) bond motifs is 3. The van der Waals surface area contributed by atoms with Crippen LogP contribution in [-0.4, -0.2) is 16.7 Å². The van der Waals surface area contributed by atoms with E-state index in [0.29, 0.717) is 24.2 Å². The molecule has 0 aliphatic rings. The first-order valence-corrected chi connectivity index (χ1v) is 6.86. The average molecular weight is 321 g/mol. The molecule has 3 aromatic rings. The van der Waals surface area contributed by atoms with Crippen LogP contribution in [0.15, 0.2) is 33.2 Å². The smallest absolute Gasteiger partial charge is 0.176 e. The van der Waals surface area contributed by atoms with Crippen molar-refractivity contribution in [2.75, 3.05) is 12.3 Å². The summed E-state index contributed by atoms with van der Waals surface area (Å²) in [5, 5.41) is 10.9. The number of aliphatic hydroxyl groups is 1. The first-order chi connectivity index (χ1) is 9.19. The first kappa shape index (κ1) is 12.4. The van der Waals surface area contributed by atoms with Gasteiger partial charge in [0.25, 0.3) is 0 Å². The van der Waals surface area contributed by atoms with Crippen molar-refractivity contribution < 1.29 is 9.52 Å². The van der Waals surface area contributed by atoms with Crippen molar-refractivity contribution in [3.05, 3.63) is 34.5 Å². The van der Waals surface area contributed by atoms with E-state index in [1.807, 2.05) is 24.3 Å². The molecule has 0 spiro atoms. The molecule has 0 unspecified atom stereocenters. The minimum absolute atomic E-state index is 0.151. The van der Waals surface area contributed by atoms with E-state index >= 15 is 0 Å². The van der Waals surface area contributed by atoms with Gasteiger partial charge in [-0.1, -0.05) is 22.0 Å². The van der Waals surface area contributed by atoms with Gasteiger partial charge in [0.2, 0.25) is 0 Å². The molecule has 98 valence electrons. The molecule has 19 heavy (non-hydrogen) atoms. The molecule has 0 amide bonds. The van der Waals surface area contributed by atoms with Gasteiger partial charge in [0.15, 0.2) is 11.4 Å². The number of aryl methyl sites for hydroxylation is 1. The number of halogens is 1. The van der Waals surface area contributed by atoms with Gasteiger partial charge in [-0.25, -0.2) is 4.98 Å². The van der Waals surface area contributed by atoms with Crippen molar-refractivity contribution in [2.24, 2.45) is 0 Å². The van der Waals surface area contributed by atoms with E-state index in [1.165, 1.54) is 0 Å². The normalized spacial score (nSPS) is 11.5. The topological polar surface area (TPSA) is 72.3 Å². The number of benzene rings is 1. The second-order valence-corrected chi connectivity index (χ2v) is 5.36. The average Bonchev–Trinajstić information content (AvgIpc) is 2.81. The third kappa shape index (κ3) is 2.19. The fourth-order valence-corrected chi connectivity index (χ4v) is 2.56. The van der Waals surface area contributed by atoms with Crippen molar-refractivity contribution >= 4 is 43.6 Å². The molecule has 3 rings (SSSR count). The van der Waals surface area contributed by atoms with Crippen molar-refractivity contribution in [3.8, 4) is 0 Å². The van der Waals surface area contributed by atoms with Gasteiger partial charge in [-0.15, -0.1) is 0 Å². The van der Waals surface area contributed by atoms with Crippen LogP contribution in [0.2, 0.25) is 0 Å². The summed E-state index contributed by atoms with van der Waals surface area (Å²) in [4.78, 5) is 4.36. The van der Waals surface area contributed by atoms with E-state index in [2.05, 4.69) is 20.9 Å². The highest BCUT2D eigenvalue weighted by Gasteiger charge is 2.12. The quantitative estimate of drug-likeness (QED) is 0.777. The van der Waals surface area contributed by atoms with E-state index < -0.39 is 0 Å². The number of aliphatic hydroxyl groups excluding tert-OH is 1. The molecule has 2 heterocycles. The number of rotatable bonds is 3. The van der Waals surface area contributed by atoms with Gasteiger partial charge >= 0.3 is 0 Å². The minimum Gasteiger partial charge on any atom is -0.457 e. The highest BCUT2D eigenvalue weighted by Crippen LogP contribution is 2.32. The lowest BCUT2D eigenvalue weighted by atomic mass is 10.1. The summed E-state index contributed by atoms with van der Waals surface area (Å²) in [5.41, 5.74) is 7.41. The van der Waals surface area contributed by atoms with E-state index in [0.717, 1.165) is 26.5 Å². The van der Waals surface area contributed by atoms with Gasteiger partial charge in [0, 0.05) is 28.3 Å². The Kier molecular flexibility index (Phi) is 3.16. The number of hydrogen-bond donors (Lipinski definition) is 2. The molecule has 0 fully saturated rings. The monoisotopic (exact) mass is 320 g/mol. The van der Waals surface area contributed by atoms with Crippen molar-refractivity contribution in [1.82, 2.24) is 4.98 Å². The van der Waals surface area contributed by atoms with E-state index in [1.54, 1.807) is 0 Å². The number of nitrogen functional groups attached to an aromatic ring is 1. The van der Waals surface area contributed by atoms with Gasteiger partial charge in [0.1, 0.15) is 5.76 Å². The molecule has 0 saturated carbocycles. The summed E-state index contributed by atoms with van der Waals surface area (Å²) in [5.74, 6) is 1.23. The number of aromatic nitrogens is 1. The van der Waals surface area contributed by atoms with Crippen LogP contribution in [0.5, 0.6) is 0 Å². The van der Waals surface area contributed by atoms with Crippen LogP contribution >= 0.6 is 15.9 Å². The highest BCUT2D eigenvalue weighted by molar-refractivity contribution is 9.10. The molecular weight excluding hydrogens is 308 g/mol. The lowest BCUT2D eigenvalue weighted by molar-refractivity contribution is 0.285. The molecular formula is C14H13BrN2O2. The maximum atomic E-state index is 8.88. The minimum atomic E-state index is 0.151. The number of pyridine rings is 1. The Morgan fingerprint density at radius 2 is 2.11 bits per heavy atom. The zero-order chi connectivity index (χ0) is 13.4. The van der Waals surface area contributed by atoms with E-state index in [4.69, 9.17) is 15.3 Å². The highest BCUT2D eigenvalue weighted by atomic mass is 79.9. The number of anilines is 1. The second kappa shape index (κ2) is 4.83. The molecule has 0 aliphatic heterocycles. The standard InChI is InChI=1S/C14H13BrN2O2/c15-8-3-4-10-11-7-9(2-1-5-18)19-13(11)14(16)17-12(10)6-8/h3-4,6-7,18H,1-2,5H2,(H2,16,17). The molecule has 5 heteroatoms. The predicted octanol–water partition coefficient (Wildman–Crippen LogP) is 3.25. The van der Waals surface area contributed by atoms with Crippen LogP contribution in [0.3, 0.4) is 0 Å². The Bertz CT molecular complexity index is 752. The van der Waals surface area contributed by atoms with E-state index in [-0.39, 0.29) is 6.61 Å². The van der Waals surface area contributed by atoms with Crippen molar-refractivity contribution in [1.29, 1.82) is 0 Å². The fourth-order valence-electron chi connectivity index (χ4n) is 2.21. The summed E-state index contributed by atoms with van der Waals surface area (Å²) < 4.78 is 6.70. The lowest BCUT2D eigenvalue weighted by Gasteiger charge is -2.01. The van der Waals surface area contributed by atoms with Crippen LogP contribution in [0, 0.1) is 0 Å².